The maximum Gasteiger partial charge on any atom is 0.469 e. The molecule has 0 bridgehead atoms. The molecule has 1 rings (SSSR count). The Balaban J connectivity index is 3.18. The summed E-state index contributed by atoms with van der Waals surface area (Å²) in [4.78, 5) is 0. The molecule has 11 heteroatoms. The molecule has 0 spiro atoms. The van der Waals surface area contributed by atoms with Gasteiger partial charge in [-0.05, 0) is 6.42 Å². The van der Waals surface area contributed by atoms with E-state index in [1.807, 2.05) is 0 Å². The van der Waals surface area contributed by atoms with E-state index in [4.69, 9.17) is 0 Å². The minimum atomic E-state index is -6.89. The van der Waals surface area contributed by atoms with Crippen molar-refractivity contribution in [1.82, 2.24) is 4.57 Å². The first kappa shape index (κ1) is 18.6. The summed E-state index contributed by atoms with van der Waals surface area (Å²) in [7, 11) is 0. The van der Waals surface area contributed by atoms with Crippen LogP contribution in [0.15, 0.2) is 18.7 Å². The minimum Gasteiger partial charge on any atom is -0.237 e. The van der Waals surface area contributed by atoms with Crippen molar-refractivity contribution in [2.75, 3.05) is 0 Å². The van der Waals surface area contributed by atoms with Crippen LogP contribution >= 0.6 is 0 Å². The van der Waals surface area contributed by atoms with E-state index < -0.39 is 28.6 Å². The summed E-state index contributed by atoms with van der Waals surface area (Å²) in [5.74, 6) is -13.5. The normalized spacial score (nSPS) is 14.5. The van der Waals surface area contributed by atoms with Crippen molar-refractivity contribution >= 4 is 0 Å². The van der Waals surface area contributed by atoms with Gasteiger partial charge in [0.25, 0.3) is 0 Å². The molecule has 0 aliphatic heterocycles. The SMILES string of the molecule is CCCCn1cc[n+](C(F)(F)C(F)(F)C(F)(F)C(F)(F)F)c1. The van der Waals surface area contributed by atoms with Crippen molar-refractivity contribution < 1.29 is 44.1 Å². The lowest BCUT2D eigenvalue weighted by atomic mass is 10.1. The molecule has 0 N–H and O–H groups in total. The van der Waals surface area contributed by atoms with Crippen LogP contribution in [0.25, 0.3) is 0 Å². The van der Waals surface area contributed by atoms with Crippen LogP contribution in [0.3, 0.4) is 0 Å². The lowest BCUT2D eigenvalue weighted by molar-refractivity contribution is -0.849. The molecule has 1 aromatic heterocycles. The molecule has 0 aliphatic carbocycles. The second kappa shape index (κ2) is 5.65. The molecule has 0 aliphatic rings. The fraction of sp³-hybridized carbons (Fsp3) is 0.727. The Labute approximate surface area is 119 Å². The molecule has 128 valence electrons. The third-order valence-electron chi connectivity index (χ3n) is 2.91. The molecule has 0 amide bonds. The first-order chi connectivity index (χ1) is 9.79. The molecule has 1 aromatic rings. The first-order valence-electron chi connectivity index (χ1n) is 6.06. The van der Waals surface area contributed by atoms with Gasteiger partial charge in [0, 0.05) is 0 Å². The lowest BCUT2D eigenvalue weighted by Crippen LogP contribution is -2.69. The number of aromatic nitrogens is 2. The molecule has 1 heterocycles. The van der Waals surface area contributed by atoms with Crippen LogP contribution < -0.4 is 4.57 Å². The van der Waals surface area contributed by atoms with Crippen molar-refractivity contribution in [2.24, 2.45) is 0 Å². The van der Waals surface area contributed by atoms with Gasteiger partial charge in [-0.25, -0.2) is 4.57 Å². The highest BCUT2D eigenvalue weighted by Gasteiger charge is 2.84. The van der Waals surface area contributed by atoms with Gasteiger partial charge in [-0.1, -0.05) is 13.3 Å². The number of imidazole rings is 1. The maximum atomic E-state index is 13.5. The van der Waals surface area contributed by atoms with Crippen LogP contribution in [0.5, 0.6) is 0 Å². The fourth-order valence-corrected chi connectivity index (χ4v) is 1.56. The Hall–Kier alpha value is -1.42. The van der Waals surface area contributed by atoms with E-state index in [0.29, 0.717) is 25.4 Å². The monoisotopic (exact) mass is 343 g/mol. The van der Waals surface area contributed by atoms with Crippen LogP contribution in [-0.2, 0) is 12.6 Å². The number of hydrogen-bond acceptors (Lipinski definition) is 0. The number of aryl methyl sites for hydroxylation is 1. The molecule has 0 aromatic carbocycles. The molecular weight excluding hydrogens is 331 g/mol. The number of unbranched alkanes of at least 4 members (excludes halogenated alkanes) is 1. The molecule has 2 nitrogen and oxygen atoms in total. The van der Waals surface area contributed by atoms with Crippen molar-refractivity contribution in [3.05, 3.63) is 18.7 Å². The number of nitrogens with zero attached hydrogens (tertiary/aromatic N) is 2. The number of hydrogen-bond donors (Lipinski definition) is 0. The first-order valence-corrected chi connectivity index (χ1v) is 6.06. The number of alkyl halides is 9. The zero-order valence-corrected chi connectivity index (χ0v) is 11.1. The van der Waals surface area contributed by atoms with E-state index in [-0.39, 0.29) is 6.54 Å². The van der Waals surface area contributed by atoms with Crippen LogP contribution in [0, 0.1) is 0 Å². The molecule has 0 radical (unpaired) electrons. The highest BCUT2D eigenvalue weighted by atomic mass is 19.4. The number of rotatable bonds is 6. The van der Waals surface area contributed by atoms with E-state index in [1.54, 1.807) is 6.92 Å². The summed E-state index contributed by atoms with van der Waals surface area (Å²) in [6.45, 7) is 1.88. The standard InChI is InChI=1S/C11H12F9N2/c1-2-3-4-21-5-6-22(7-21)11(19,20)9(14,15)8(12,13)10(16,17)18/h5-7H,2-4H2,1H3/q+1. The van der Waals surface area contributed by atoms with Gasteiger partial charge in [-0.15, -0.1) is 0 Å². The van der Waals surface area contributed by atoms with Gasteiger partial charge >= 0.3 is 24.1 Å². The van der Waals surface area contributed by atoms with Crippen molar-refractivity contribution in [3.63, 3.8) is 0 Å². The van der Waals surface area contributed by atoms with E-state index in [2.05, 4.69) is 0 Å². The second-order valence-corrected chi connectivity index (χ2v) is 4.60. The van der Waals surface area contributed by atoms with Gasteiger partial charge < -0.3 is 0 Å². The average molecular weight is 343 g/mol. The molecule has 0 saturated heterocycles. The zero-order valence-electron chi connectivity index (χ0n) is 11.1. The van der Waals surface area contributed by atoms with Crippen LogP contribution in [-0.4, -0.2) is 22.6 Å². The molecule has 22 heavy (non-hydrogen) atoms. The van der Waals surface area contributed by atoms with Crippen molar-refractivity contribution in [3.8, 4) is 0 Å². The molecule has 0 unspecified atom stereocenters. The topological polar surface area (TPSA) is 8.81 Å². The molecule has 0 fully saturated rings. The van der Waals surface area contributed by atoms with E-state index in [0.717, 1.165) is 10.8 Å². The van der Waals surface area contributed by atoms with Crippen LogP contribution in [0.4, 0.5) is 39.5 Å². The Morgan fingerprint density at radius 3 is 1.91 bits per heavy atom. The van der Waals surface area contributed by atoms with E-state index in [9.17, 15) is 39.5 Å². The summed E-state index contributed by atoms with van der Waals surface area (Å²) in [5.41, 5.74) is 0. The minimum absolute atomic E-state index is 0.126. The van der Waals surface area contributed by atoms with Gasteiger partial charge in [0.05, 0.1) is 6.54 Å². The maximum absolute atomic E-state index is 13.5. The van der Waals surface area contributed by atoms with Crippen molar-refractivity contribution in [2.45, 2.75) is 50.4 Å². The molecular formula is C11H12F9N2+. The quantitative estimate of drug-likeness (QED) is 0.546. The third kappa shape index (κ3) is 2.89. The summed E-state index contributed by atoms with van der Waals surface area (Å²) in [6.07, 6.45) is -4.14. The highest BCUT2D eigenvalue weighted by Crippen LogP contribution is 2.53. The molecule has 0 saturated carbocycles. The smallest absolute Gasteiger partial charge is 0.237 e. The largest absolute Gasteiger partial charge is 0.469 e. The Morgan fingerprint density at radius 2 is 1.45 bits per heavy atom. The van der Waals surface area contributed by atoms with Crippen LogP contribution in [0.1, 0.15) is 19.8 Å². The summed E-state index contributed by atoms with van der Waals surface area (Å²) in [5, 5.41) is 0. The van der Waals surface area contributed by atoms with E-state index >= 15 is 0 Å². The summed E-state index contributed by atoms with van der Waals surface area (Å²) >= 11 is 0. The van der Waals surface area contributed by atoms with Gasteiger partial charge in [0.2, 0.25) is 6.33 Å². The fourth-order valence-electron chi connectivity index (χ4n) is 1.56. The average Bonchev–Trinajstić information content (AvgIpc) is 2.83. The van der Waals surface area contributed by atoms with Gasteiger partial charge in [-0.2, -0.15) is 44.1 Å². The Bertz CT molecular complexity index is 504. The van der Waals surface area contributed by atoms with Gasteiger partial charge in [-0.3, -0.25) is 0 Å². The Kier molecular flexibility index (Phi) is 4.79. The van der Waals surface area contributed by atoms with E-state index in [1.165, 1.54) is 0 Å². The van der Waals surface area contributed by atoms with Gasteiger partial charge in [0.15, 0.2) is 0 Å². The summed E-state index contributed by atoms with van der Waals surface area (Å²) < 4.78 is 115. The predicted molar refractivity (Wildman–Crippen MR) is 55.7 cm³/mol. The second-order valence-electron chi connectivity index (χ2n) is 4.60. The van der Waals surface area contributed by atoms with Crippen molar-refractivity contribution in [1.29, 1.82) is 0 Å². The third-order valence-corrected chi connectivity index (χ3v) is 2.91. The lowest BCUT2D eigenvalue weighted by Gasteiger charge is -2.31. The number of halogens is 9. The summed E-state index contributed by atoms with van der Waals surface area (Å²) in [6, 6.07) is -5.76. The predicted octanol–water partition coefficient (Wildman–Crippen LogP) is 3.96. The van der Waals surface area contributed by atoms with Gasteiger partial charge in [0.1, 0.15) is 12.4 Å². The Morgan fingerprint density at radius 1 is 0.909 bits per heavy atom. The zero-order chi connectivity index (χ0) is 17.4. The van der Waals surface area contributed by atoms with Crippen LogP contribution in [0.2, 0.25) is 0 Å². The molecule has 0 atom stereocenters. The highest BCUT2D eigenvalue weighted by molar-refractivity contribution is 4.94.